The predicted octanol–water partition coefficient (Wildman–Crippen LogP) is 4.68. The number of anilines is 2. The van der Waals surface area contributed by atoms with Gasteiger partial charge in [0.2, 0.25) is 5.91 Å². The molecule has 1 saturated heterocycles. The molecule has 3 aromatic rings. The van der Waals surface area contributed by atoms with Crippen LogP contribution in [0.25, 0.3) is 10.2 Å². The summed E-state index contributed by atoms with van der Waals surface area (Å²) in [4.78, 5) is 18.4. The number of carbonyl (C=O) groups is 1. The summed E-state index contributed by atoms with van der Waals surface area (Å²) in [5.74, 6) is 0.125. The number of hydrogen-bond donors (Lipinski definition) is 1. The molecule has 0 saturated carbocycles. The van der Waals surface area contributed by atoms with Crippen molar-refractivity contribution < 1.29 is 17.8 Å². The maximum Gasteiger partial charge on any atom is 0.294 e. The van der Waals surface area contributed by atoms with Crippen LogP contribution < -0.4 is 9.91 Å². The summed E-state index contributed by atoms with van der Waals surface area (Å²) in [6.07, 6.45) is 7.93. The molecule has 1 fully saturated rings. The Balaban J connectivity index is 1.65. The second-order valence-corrected chi connectivity index (χ2v) is 11.3. The zero-order chi connectivity index (χ0) is 23.9. The molecule has 1 atom stereocenters. The maximum atomic E-state index is 13.2. The third kappa shape index (κ3) is 3.94. The van der Waals surface area contributed by atoms with Crippen molar-refractivity contribution in [2.24, 2.45) is 5.10 Å². The van der Waals surface area contributed by atoms with Crippen molar-refractivity contribution in [1.29, 1.82) is 0 Å². The molecule has 1 aromatic heterocycles. The largest absolute Gasteiger partial charge is 0.294 e. The summed E-state index contributed by atoms with van der Waals surface area (Å²) in [7, 11) is -4.41. The van der Waals surface area contributed by atoms with E-state index in [9.17, 15) is 17.8 Å². The molecule has 2 aromatic carbocycles. The molecule has 1 spiro atoms. The predicted molar refractivity (Wildman–Crippen MR) is 137 cm³/mol. The lowest BCUT2D eigenvalue weighted by Crippen LogP contribution is -2.53. The van der Waals surface area contributed by atoms with E-state index in [1.165, 1.54) is 35.2 Å². The van der Waals surface area contributed by atoms with Crippen molar-refractivity contribution in [2.75, 3.05) is 15.7 Å². The molecule has 34 heavy (non-hydrogen) atoms. The number of allylic oxidation sites excluding steroid dienone is 4. The van der Waals surface area contributed by atoms with E-state index < -0.39 is 15.1 Å². The quantitative estimate of drug-likeness (QED) is 0.391. The Bertz CT molecular complexity index is 1450. The van der Waals surface area contributed by atoms with Crippen LogP contribution in [0.2, 0.25) is 0 Å². The van der Waals surface area contributed by atoms with Gasteiger partial charge < -0.3 is 0 Å². The lowest BCUT2D eigenvalue weighted by atomic mass is 10.2. The number of thioether (sulfide) groups is 1. The smallest absolute Gasteiger partial charge is 0.282 e. The summed E-state index contributed by atoms with van der Waals surface area (Å²) in [6.45, 7) is 1.91. The average Bonchev–Trinajstić information content (AvgIpc) is 3.48. The first-order valence-corrected chi connectivity index (χ1v) is 13.6. The molecule has 2 aliphatic heterocycles. The van der Waals surface area contributed by atoms with Gasteiger partial charge >= 0.3 is 0 Å². The number of fused-ring (bicyclic) bond motifs is 1. The summed E-state index contributed by atoms with van der Waals surface area (Å²) in [5, 5.41) is 6.99. The number of aromatic nitrogens is 1. The van der Waals surface area contributed by atoms with E-state index in [2.05, 4.69) is 0 Å². The second kappa shape index (κ2) is 8.66. The normalized spacial score (nSPS) is 21.1. The molecule has 2 aliphatic rings. The highest BCUT2D eigenvalue weighted by atomic mass is 32.2. The van der Waals surface area contributed by atoms with Gasteiger partial charge in [0.15, 0.2) is 10.1 Å². The fraction of sp³-hybridized carbons (Fsp3) is 0.174. The Morgan fingerprint density at radius 3 is 2.74 bits per heavy atom. The first-order valence-electron chi connectivity index (χ1n) is 10.4. The number of nitrogens with zero attached hydrogens (tertiary/aromatic N) is 4. The molecule has 0 radical (unpaired) electrons. The molecule has 1 N–H and O–H groups in total. The minimum absolute atomic E-state index is 0.103. The van der Waals surface area contributed by atoms with E-state index in [1.807, 2.05) is 55.5 Å². The molecule has 1 unspecified atom stereocenters. The van der Waals surface area contributed by atoms with E-state index in [1.54, 1.807) is 22.0 Å². The summed E-state index contributed by atoms with van der Waals surface area (Å²) in [5.41, 5.74) is 1.97. The van der Waals surface area contributed by atoms with Gasteiger partial charge in [-0.05, 0) is 43.3 Å². The van der Waals surface area contributed by atoms with Crippen LogP contribution in [0.15, 0.2) is 82.8 Å². The van der Waals surface area contributed by atoms with Crippen LogP contribution in [0.1, 0.15) is 13.3 Å². The average molecular weight is 513 g/mol. The van der Waals surface area contributed by atoms with Gasteiger partial charge in [-0.3, -0.25) is 14.2 Å². The first kappa shape index (κ1) is 22.8. The van der Waals surface area contributed by atoms with Gasteiger partial charge in [-0.15, -0.1) is 0 Å². The SMILES string of the molecule is C/C=C/C=C/C1=NN(c2cccc(S(=O)(=O)O)c2)C2(C1)SCC(=O)N2c1nc2ccccc2s1. The molecule has 0 bridgehead atoms. The Kier molecular flexibility index (Phi) is 5.80. The Hall–Kier alpha value is -2.99. The fourth-order valence-corrected chi connectivity index (χ4v) is 6.90. The van der Waals surface area contributed by atoms with Crippen LogP contribution in [0, 0.1) is 0 Å². The van der Waals surface area contributed by atoms with Crippen LogP contribution in [0.5, 0.6) is 0 Å². The molecule has 5 rings (SSSR count). The third-order valence-corrected chi connectivity index (χ3v) is 8.65. The monoisotopic (exact) mass is 512 g/mol. The zero-order valence-electron chi connectivity index (χ0n) is 18.0. The number of hydrazone groups is 1. The lowest BCUT2D eigenvalue weighted by molar-refractivity contribution is -0.116. The van der Waals surface area contributed by atoms with E-state index in [4.69, 9.17) is 10.1 Å². The van der Waals surface area contributed by atoms with Crippen molar-refractivity contribution in [1.82, 2.24) is 4.98 Å². The molecule has 174 valence electrons. The van der Waals surface area contributed by atoms with E-state index in [0.29, 0.717) is 17.2 Å². The highest BCUT2D eigenvalue weighted by Crippen LogP contribution is 2.51. The van der Waals surface area contributed by atoms with Crippen molar-refractivity contribution >= 4 is 65.9 Å². The van der Waals surface area contributed by atoms with Crippen molar-refractivity contribution in [3.8, 4) is 0 Å². The Morgan fingerprint density at radius 1 is 1.15 bits per heavy atom. The third-order valence-electron chi connectivity index (χ3n) is 5.42. The van der Waals surface area contributed by atoms with E-state index in [0.717, 1.165) is 15.9 Å². The number of para-hydroxylation sites is 1. The topological polar surface area (TPSA) is 103 Å². The van der Waals surface area contributed by atoms with Gasteiger partial charge in [-0.1, -0.05) is 59.5 Å². The number of amides is 1. The zero-order valence-corrected chi connectivity index (χ0v) is 20.5. The minimum Gasteiger partial charge on any atom is -0.282 e. The Morgan fingerprint density at radius 2 is 1.97 bits per heavy atom. The van der Waals surface area contributed by atoms with Crippen molar-refractivity contribution in [3.63, 3.8) is 0 Å². The number of thiazole rings is 1. The fourth-order valence-electron chi connectivity index (χ4n) is 3.96. The van der Waals surface area contributed by atoms with Crippen molar-refractivity contribution in [3.05, 3.63) is 72.8 Å². The maximum absolute atomic E-state index is 13.2. The van der Waals surface area contributed by atoms with E-state index in [-0.39, 0.29) is 16.6 Å². The molecule has 11 heteroatoms. The number of benzene rings is 2. The number of carbonyl (C=O) groups excluding carboxylic acids is 1. The summed E-state index contributed by atoms with van der Waals surface area (Å²) < 4.78 is 34.1. The van der Waals surface area contributed by atoms with Crippen LogP contribution in [0.4, 0.5) is 10.8 Å². The number of hydrogen-bond acceptors (Lipinski definition) is 8. The van der Waals surface area contributed by atoms with Crippen LogP contribution in [-0.2, 0) is 14.9 Å². The van der Waals surface area contributed by atoms with Gasteiger partial charge in [0, 0.05) is 6.42 Å². The van der Waals surface area contributed by atoms with Gasteiger partial charge in [0.1, 0.15) is 0 Å². The molecule has 1 amide bonds. The van der Waals surface area contributed by atoms with Crippen molar-refractivity contribution in [2.45, 2.75) is 23.2 Å². The first-order chi connectivity index (χ1) is 16.3. The number of rotatable bonds is 5. The summed E-state index contributed by atoms with van der Waals surface area (Å²) >= 11 is 2.85. The lowest BCUT2D eigenvalue weighted by Gasteiger charge is -2.39. The van der Waals surface area contributed by atoms with Crippen LogP contribution in [-0.4, -0.2) is 40.3 Å². The highest BCUT2D eigenvalue weighted by molar-refractivity contribution is 8.02. The standard InChI is InChI=1S/C23H20N4O4S3/c1-2-3-4-8-16-14-23(27(25-16)17-9-7-10-18(13-17)34(29,30)31)26(21(28)15-32-23)22-24-19-11-5-6-12-20(19)33-22/h2-13H,14-15H2,1H3,(H,29,30,31)/b3-2+,8-4+. The molecule has 3 heterocycles. The molecular weight excluding hydrogens is 492 g/mol. The van der Waals surface area contributed by atoms with Gasteiger partial charge in [-0.2, -0.15) is 13.5 Å². The summed E-state index contributed by atoms with van der Waals surface area (Å²) in [6, 6.07) is 13.6. The van der Waals surface area contributed by atoms with Gasteiger partial charge in [0.25, 0.3) is 10.1 Å². The van der Waals surface area contributed by atoms with Gasteiger partial charge in [0.05, 0.1) is 32.3 Å². The molecular formula is C23H20N4O4S3. The Labute approximate surface area is 205 Å². The molecule has 8 nitrogen and oxygen atoms in total. The van der Waals surface area contributed by atoms with Gasteiger partial charge in [-0.25, -0.2) is 9.99 Å². The minimum atomic E-state index is -4.41. The van der Waals surface area contributed by atoms with E-state index >= 15 is 0 Å². The van der Waals surface area contributed by atoms with Crippen LogP contribution >= 0.6 is 23.1 Å². The highest BCUT2D eigenvalue weighted by Gasteiger charge is 2.56. The van der Waals surface area contributed by atoms with Crippen LogP contribution in [0.3, 0.4) is 0 Å². The molecule has 0 aliphatic carbocycles. The second-order valence-electron chi connectivity index (χ2n) is 7.66.